The molecule has 0 spiro atoms. The first-order valence-electron chi connectivity index (χ1n) is 8.68. The number of ether oxygens (including phenoxy) is 1. The molecule has 1 unspecified atom stereocenters. The summed E-state index contributed by atoms with van der Waals surface area (Å²) in [4.78, 5) is 18.3. The topological polar surface area (TPSA) is 70.1 Å². The van der Waals surface area contributed by atoms with Gasteiger partial charge in [-0.3, -0.25) is 8.97 Å². The van der Waals surface area contributed by atoms with Crippen LogP contribution in [0.3, 0.4) is 0 Å². The maximum Gasteiger partial charge on any atom is 0.166 e. The van der Waals surface area contributed by atoms with Crippen molar-refractivity contribution in [2.45, 2.75) is 32.4 Å². The van der Waals surface area contributed by atoms with Gasteiger partial charge in [-0.1, -0.05) is 17.7 Å². The van der Waals surface area contributed by atoms with E-state index in [-0.39, 0.29) is 6.23 Å². The van der Waals surface area contributed by atoms with E-state index >= 15 is 0 Å². The summed E-state index contributed by atoms with van der Waals surface area (Å²) in [5, 5.41) is 0.402. The van der Waals surface area contributed by atoms with E-state index in [1.807, 2.05) is 40.3 Å². The Morgan fingerprint density at radius 2 is 2.12 bits per heavy atom. The van der Waals surface area contributed by atoms with E-state index < -0.39 is 0 Å². The van der Waals surface area contributed by atoms with E-state index in [0.717, 1.165) is 42.9 Å². The van der Waals surface area contributed by atoms with Crippen molar-refractivity contribution >= 4 is 28.4 Å². The van der Waals surface area contributed by atoms with E-state index in [9.17, 15) is 0 Å². The zero-order valence-electron chi connectivity index (χ0n) is 14.3. The Kier molecular flexibility index (Phi) is 3.65. The third-order valence-electron chi connectivity index (χ3n) is 4.71. The number of hydrogen-bond acceptors (Lipinski definition) is 5. The van der Waals surface area contributed by atoms with Crippen molar-refractivity contribution in [3.05, 3.63) is 41.7 Å². The van der Waals surface area contributed by atoms with Crippen LogP contribution in [0, 0.1) is 6.92 Å². The van der Waals surface area contributed by atoms with Crippen molar-refractivity contribution in [2.75, 3.05) is 6.61 Å². The van der Waals surface area contributed by atoms with Crippen molar-refractivity contribution in [3.63, 3.8) is 0 Å². The highest BCUT2D eigenvalue weighted by Crippen LogP contribution is 2.33. The molecule has 7 nitrogen and oxygen atoms in total. The Morgan fingerprint density at radius 3 is 2.96 bits per heavy atom. The van der Waals surface area contributed by atoms with E-state index in [2.05, 4.69) is 19.9 Å². The number of rotatable bonds is 2. The number of hydrogen-bond donors (Lipinski definition) is 0. The molecule has 132 valence electrons. The number of halogens is 1. The van der Waals surface area contributed by atoms with Crippen LogP contribution in [0.15, 0.2) is 30.7 Å². The molecule has 1 saturated heterocycles. The van der Waals surface area contributed by atoms with Gasteiger partial charge in [-0.25, -0.2) is 19.9 Å². The van der Waals surface area contributed by atoms with Crippen LogP contribution >= 0.6 is 11.6 Å². The SMILES string of the molecule is Cc1nc(-c2c(Cl)nc3ccccn23)c2ncn(C3CCCCO3)c2n1. The fourth-order valence-electron chi connectivity index (χ4n) is 3.52. The minimum Gasteiger partial charge on any atom is -0.358 e. The lowest BCUT2D eigenvalue weighted by atomic mass is 10.2. The molecule has 1 atom stereocenters. The summed E-state index contributed by atoms with van der Waals surface area (Å²) in [5.41, 5.74) is 3.66. The van der Waals surface area contributed by atoms with Gasteiger partial charge in [-0.05, 0) is 38.3 Å². The summed E-state index contributed by atoms with van der Waals surface area (Å²) >= 11 is 6.46. The summed E-state index contributed by atoms with van der Waals surface area (Å²) in [6.07, 6.45) is 6.87. The average Bonchev–Trinajstić information content (AvgIpc) is 3.22. The maximum absolute atomic E-state index is 6.46. The molecule has 4 aromatic heterocycles. The Bertz CT molecular complexity index is 1110. The number of aromatic nitrogens is 6. The third-order valence-corrected chi connectivity index (χ3v) is 4.97. The van der Waals surface area contributed by atoms with Gasteiger partial charge in [0, 0.05) is 12.8 Å². The molecule has 0 bridgehead atoms. The number of nitrogens with zero attached hydrogens (tertiary/aromatic N) is 6. The molecule has 0 aromatic carbocycles. The molecule has 1 aliphatic heterocycles. The molecule has 1 fully saturated rings. The number of fused-ring (bicyclic) bond motifs is 2. The van der Waals surface area contributed by atoms with Crippen molar-refractivity contribution in [1.29, 1.82) is 0 Å². The van der Waals surface area contributed by atoms with Crippen molar-refractivity contribution in [3.8, 4) is 11.4 Å². The zero-order valence-corrected chi connectivity index (χ0v) is 15.0. The first-order valence-corrected chi connectivity index (χ1v) is 9.06. The van der Waals surface area contributed by atoms with Crippen LogP contribution < -0.4 is 0 Å². The van der Waals surface area contributed by atoms with Gasteiger partial charge in [0.05, 0.1) is 6.33 Å². The maximum atomic E-state index is 6.46. The summed E-state index contributed by atoms with van der Waals surface area (Å²) in [7, 11) is 0. The number of pyridine rings is 1. The molecule has 1 aliphatic rings. The van der Waals surface area contributed by atoms with E-state index in [1.54, 1.807) is 6.33 Å². The molecule has 5 rings (SSSR count). The molecule has 26 heavy (non-hydrogen) atoms. The summed E-state index contributed by atoms with van der Waals surface area (Å²) in [6, 6.07) is 5.78. The molecule has 8 heteroatoms. The normalized spacial score (nSPS) is 18.0. The van der Waals surface area contributed by atoms with Gasteiger partial charge in [0.15, 0.2) is 10.8 Å². The van der Waals surface area contributed by atoms with Crippen molar-refractivity contribution in [1.82, 2.24) is 28.9 Å². The molecule has 0 saturated carbocycles. The van der Waals surface area contributed by atoms with Crippen molar-refractivity contribution in [2.24, 2.45) is 0 Å². The quantitative estimate of drug-likeness (QED) is 0.538. The third kappa shape index (κ3) is 2.39. The number of aryl methyl sites for hydroxylation is 1. The zero-order chi connectivity index (χ0) is 17.7. The van der Waals surface area contributed by atoms with E-state index in [4.69, 9.17) is 16.3 Å². The molecule has 0 radical (unpaired) electrons. The van der Waals surface area contributed by atoms with Gasteiger partial charge in [0.1, 0.15) is 34.6 Å². The summed E-state index contributed by atoms with van der Waals surface area (Å²) < 4.78 is 9.85. The van der Waals surface area contributed by atoms with Crippen LogP contribution in [-0.4, -0.2) is 35.5 Å². The minimum atomic E-state index is -0.0337. The summed E-state index contributed by atoms with van der Waals surface area (Å²) in [6.45, 7) is 2.64. The predicted molar refractivity (Wildman–Crippen MR) is 98.1 cm³/mol. The molecule has 0 amide bonds. The van der Waals surface area contributed by atoms with Gasteiger partial charge in [0.25, 0.3) is 0 Å². The Morgan fingerprint density at radius 1 is 1.19 bits per heavy atom. The van der Waals surface area contributed by atoms with Crippen LogP contribution in [0.1, 0.15) is 31.3 Å². The fraction of sp³-hybridized carbons (Fsp3) is 0.333. The molecular weight excluding hydrogens is 352 g/mol. The van der Waals surface area contributed by atoms with Crippen LogP contribution in [0.25, 0.3) is 28.2 Å². The standard InChI is InChI=1S/C18H17ClN6O/c1-11-21-14(16-17(19)23-12-6-2-4-8-24(12)16)15-18(22-11)25(10-20-15)13-7-3-5-9-26-13/h2,4,6,8,10,13H,3,5,7,9H2,1H3. The second-order valence-electron chi connectivity index (χ2n) is 6.44. The van der Waals surface area contributed by atoms with E-state index in [1.165, 1.54) is 0 Å². The van der Waals surface area contributed by atoms with Gasteiger partial charge >= 0.3 is 0 Å². The number of imidazole rings is 2. The highest BCUT2D eigenvalue weighted by Gasteiger charge is 2.23. The molecule has 4 aromatic rings. The molecular formula is C18H17ClN6O. The van der Waals surface area contributed by atoms with Crippen LogP contribution in [0.4, 0.5) is 0 Å². The van der Waals surface area contributed by atoms with Crippen molar-refractivity contribution < 1.29 is 4.74 Å². The Hall–Kier alpha value is -2.51. The lowest BCUT2D eigenvalue weighted by Gasteiger charge is -2.23. The monoisotopic (exact) mass is 368 g/mol. The largest absolute Gasteiger partial charge is 0.358 e. The smallest absolute Gasteiger partial charge is 0.166 e. The molecule has 0 N–H and O–H groups in total. The lowest BCUT2D eigenvalue weighted by Crippen LogP contribution is -2.17. The van der Waals surface area contributed by atoms with Crippen LogP contribution in [-0.2, 0) is 4.74 Å². The lowest BCUT2D eigenvalue weighted by molar-refractivity contribution is -0.0298. The highest BCUT2D eigenvalue weighted by molar-refractivity contribution is 6.32. The summed E-state index contributed by atoms with van der Waals surface area (Å²) in [5.74, 6) is 0.659. The van der Waals surface area contributed by atoms with Gasteiger partial charge in [-0.2, -0.15) is 0 Å². The second-order valence-corrected chi connectivity index (χ2v) is 6.80. The second kappa shape index (κ2) is 6.03. The first kappa shape index (κ1) is 15.7. The Balaban J connectivity index is 1.76. The minimum absolute atomic E-state index is 0.0337. The predicted octanol–water partition coefficient (Wildman–Crippen LogP) is 3.80. The first-order chi connectivity index (χ1) is 12.7. The molecule has 0 aliphatic carbocycles. The van der Waals surface area contributed by atoms with Gasteiger partial charge in [-0.15, -0.1) is 0 Å². The van der Waals surface area contributed by atoms with Gasteiger partial charge < -0.3 is 4.74 Å². The van der Waals surface area contributed by atoms with Crippen LogP contribution in [0.5, 0.6) is 0 Å². The molecule has 5 heterocycles. The van der Waals surface area contributed by atoms with Gasteiger partial charge in [0.2, 0.25) is 0 Å². The highest BCUT2D eigenvalue weighted by atomic mass is 35.5. The van der Waals surface area contributed by atoms with E-state index in [0.29, 0.717) is 22.2 Å². The Labute approximate surface area is 154 Å². The fourth-order valence-corrected chi connectivity index (χ4v) is 3.79. The average molecular weight is 369 g/mol. The van der Waals surface area contributed by atoms with Crippen LogP contribution in [0.2, 0.25) is 5.15 Å².